The maximum absolute atomic E-state index is 11.1. The Hall–Kier alpha value is -0.390. The van der Waals surface area contributed by atoms with Crippen LogP contribution in [-0.4, -0.2) is 13.0 Å². The van der Waals surface area contributed by atoms with Gasteiger partial charge in [0.05, 0.1) is 4.90 Å². The first kappa shape index (κ1) is 22.7. The van der Waals surface area contributed by atoms with Gasteiger partial charge in [-0.2, -0.15) is 0 Å². The van der Waals surface area contributed by atoms with Crippen LogP contribution in [0, 0.1) is 0 Å². The second kappa shape index (κ2) is 11.3. The van der Waals surface area contributed by atoms with E-state index in [9.17, 15) is 13.0 Å². The van der Waals surface area contributed by atoms with Crippen molar-refractivity contribution in [1.82, 2.24) is 0 Å². The fourth-order valence-corrected chi connectivity index (χ4v) is 3.55. The molecule has 2 aromatic carbocycles. The van der Waals surface area contributed by atoms with Crippen molar-refractivity contribution < 1.29 is 42.5 Å². The second-order valence-corrected chi connectivity index (χ2v) is 7.90. The van der Waals surface area contributed by atoms with Crippen LogP contribution in [0.15, 0.2) is 41.3 Å². The zero-order valence-corrected chi connectivity index (χ0v) is 18.3. The van der Waals surface area contributed by atoms with E-state index in [4.69, 9.17) is 0 Å². The molecule has 0 saturated carbocycles. The zero-order valence-electron chi connectivity index (χ0n) is 15.5. The zero-order chi connectivity index (χ0) is 17.4. The first-order valence-corrected chi connectivity index (χ1v) is 10.4. The van der Waals surface area contributed by atoms with E-state index in [1.807, 2.05) is 12.1 Å². The molecule has 0 atom stereocenters. The van der Waals surface area contributed by atoms with Crippen LogP contribution in [0.1, 0.15) is 63.9 Å². The Morgan fingerprint density at radius 2 is 1.40 bits per heavy atom. The van der Waals surface area contributed by atoms with E-state index >= 15 is 0 Å². The summed E-state index contributed by atoms with van der Waals surface area (Å²) in [5.41, 5.74) is 1.20. The maximum atomic E-state index is 11.1. The van der Waals surface area contributed by atoms with Gasteiger partial charge in [-0.05, 0) is 41.3 Å². The number of aryl methyl sites for hydroxylation is 1. The third-order valence-corrected chi connectivity index (χ3v) is 5.32. The average molecular weight is 370 g/mol. The van der Waals surface area contributed by atoms with E-state index in [1.165, 1.54) is 62.6 Å². The molecule has 5 heteroatoms. The summed E-state index contributed by atoms with van der Waals surface area (Å²) in [5, 5.41) is 1.78. The van der Waals surface area contributed by atoms with Gasteiger partial charge in [-0.25, -0.2) is 8.42 Å². The van der Waals surface area contributed by atoms with Gasteiger partial charge in [0.15, 0.2) is 0 Å². The Morgan fingerprint density at radius 3 is 2.04 bits per heavy atom. The molecule has 132 valence electrons. The minimum Gasteiger partial charge on any atom is -0.744 e. The van der Waals surface area contributed by atoms with Crippen molar-refractivity contribution in [2.75, 3.05) is 0 Å². The molecule has 0 amide bonds. The molecule has 0 unspecified atom stereocenters. The summed E-state index contributed by atoms with van der Waals surface area (Å²) in [6.07, 6.45) is 11.3. The van der Waals surface area contributed by atoms with Crippen LogP contribution in [0.2, 0.25) is 0 Å². The topological polar surface area (TPSA) is 57.2 Å². The average Bonchev–Trinajstić information content (AvgIpc) is 2.56. The van der Waals surface area contributed by atoms with Gasteiger partial charge in [-0.1, -0.05) is 76.1 Å². The third kappa shape index (κ3) is 7.79. The van der Waals surface area contributed by atoms with Gasteiger partial charge >= 0.3 is 29.6 Å². The van der Waals surface area contributed by atoms with Crippen molar-refractivity contribution in [2.45, 2.75) is 69.6 Å². The van der Waals surface area contributed by atoms with Crippen molar-refractivity contribution in [3.05, 3.63) is 42.0 Å². The quantitative estimate of drug-likeness (QED) is 0.367. The molecule has 0 aliphatic carbocycles. The molecule has 0 fully saturated rings. The first-order valence-electron chi connectivity index (χ1n) is 8.99. The van der Waals surface area contributed by atoms with Crippen molar-refractivity contribution in [2.24, 2.45) is 0 Å². The van der Waals surface area contributed by atoms with Crippen molar-refractivity contribution >= 4 is 20.9 Å². The van der Waals surface area contributed by atoms with Gasteiger partial charge in [0.2, 0.25) is 0 Å². The fraction of sp³-hybridized carbons (Fsp3) is 0.500. The number of benzene rings is 2. The van der Waals surface area contributed by atoms with Gasteiger partial charge in [0.1, 0.15) is 10.1 Å². The molecule has 0 aromatic heterocycles. The minimum absolute atomic E-state index is 0. The standard InChI is InChI=1S/C20H28O3S.Na/c1-2-3-4-5-6-7-8-9-10-17-11-12-18-13-14-20(24(21,22)23)16-19(18)15-17;/h11-16H,2-10H2,1H3,(H,21,22,23);/q;+1/p-1. The van der Waals surface area contributed by atoms with Crippen molar-refractivity contribution in [1.29, 1.82) is 0 Å². The fourth-order valence-electron chi connectivity index (χ4n) is 3.05. The van der Waals surface area contributed by atoms with Crippen LogP contribution in [-0.2, 0) is 16.5 Å². The summed E-state index contributed by atoms with van der Waals surface area (Å²) in [6, 6.07) is 10.6. The molecule has 0 aliphatic heterocycles. The predicted octanol–water partition coefficient (Wildman–Crippen LogP) is 2.43. The number of hydrogen-bond acceptors (Lipinski definition) is 3. The SMILES string of the molecule is CCCCCCCCCCc1ccc2ccc(S(=O)(=O)[O-])cc2c1.[Na+]. The Balaban J connectivity index is 0.00000312. The van der Waals surface area contributed by atoms with Crippen LogP contribution >= 0.6 is 0 Å². The summed E-state index contributed by atoms with van der Waals surface area (Å²) in [5.74, 6) is 0. The van der Waals surface area contributed by atoms with Gasteiger partial charge in [0.25, 0.3) is 0 Å². The summed E-state index contributed by atoms with van der Waals surface area (Å²) in [4.78, 5) is -0.153. The van der Waals surface area contributed by atoms with Crippen LogP contribution in [0.5, 0.6) is 0 Å². The van der Waals surface area contributed by atoms with Crippen molar-refractivity contribution in [3.63, 3.8) is 0 Å². The molecule has 0 heterocycles. The molecule has 2 rings (SSSR count). The Labute approximate surface area is 174 Å². The van der Waals surface area contributed by atoms with E-state index < -0.39 is 10.1 Å². The molecule has 0 aliphatic rings. The smallest absolute Gasteiger partial charge is 0.744 e. The molecule has 2 aromatic rings. The van der Waals surface area contributed by atoms with E-state index in [-0.39, 0.29) is 34.5 Å². The van der Waals surface area contributed by atoms with Gasteiger partial charge in [-0.3, -0.25) is 0 Å². The Bertz CT molecular complexity index is 757. The van der Waals surface area contributed by atoms with E-state index in [0.29, 0.717) is 0 Å². The molecule has 25 heavy (non-hydrogen) atoms. The Kier molecular flexibility index (Phi) is 10.3. The van der Waals surface area contributed by atoms with Crippen LogP contribution in [0.4, 0.5) is 0 Å². The van der Waals surface area contributed by atoms with Crippen molar-refractivity contribution in [3.8, 4) is 0 Å². The van der Waals surface area contributed by atoms with Crippen LogP contribution in [0.25, 0.3) is 10.8 Å². The molecule has 0 N–H and O–H groups in total. The van der Waals surface area contributed by atoms with Crippen LogP contribution in [0.3, 0.4) is 0 Å². The van der Waals surface area contributed by atoms with E-state index in [0.717, 1.165) is 23.6 Å². The summed E-state index contributed by atoms with van der Waals surface area (Å²) in [6.45, 7) is 2.24. The Morgan fingerprint density at radius 1 is 0.800 bits per heavy atom. The normalized spacial score (nSPS) is 11.4. The minimum atomic E-state index is -4.39. The van der Waals surface area contributed by atoms with Gasteiger partial charge in [-0.15, -0.1) is 0 Å². The molecule has 0 spiro atoms. The van der Waals surface area contributed by atoms with Gasteiger partial charge < -0.3 is 4.55 Å². The molecule has 3 nitrogen and oxygen atoms in total. The maximum Gasteiger partial charge on any atom is 1.00 e. The van der Waals surface area contributed by atoms with E-state index in [2.05, 4.69) is 13.0 Å². The van der Waals surface area contributed by atoms with Crippen LogP contribution < -0.4 is 29.6 Å². The molecule has 0 saturated heterocycles. The monoisotopic (exact) mass is 370 g/mol. The number of unbranched alkanes of at least 4 members (excludes halogenated alkanes) is 7. The number of hydrogen-bond donors (Lipinski definition) is 0. The third-order valence-electron chi connectivity index (χ3n) is 4.48. The number of rotatable bonds is 10. The molecular weight excluding hydrogens is 343 g/mol. The summed E-state index contributed by atoms with van der Waals surface area (Å²) in [7, 11) is -4.39. The van der Waals surface area contributed by atoms with Gasteiger partial charge in [0, 0.05) is 0 Å². The summed E-state index contributed by atoms with van der Waals surface area (Å²) < 4.78 is 33.4. The molecule has 0 radical (unpaired) electrons. The molecular formula is C20H27NaO3S. The van der Waals surface area contributed by atoms with E-state index in [1.54, 1.807) is 6.07 Å². The largest absolute Gasteiger partial charge is 1.00 e. The number of fused-ring (bicyclic) bond motifs is 1. The second-order valence-electron chi connectivity index (χ2n) is 6.52. The first-order chi connectivity index (χ1) is 11.5. The summed E-state index contributed by atoms with van der Waals surface area (Å²) >= 11 is 0. The predicted molar refractivity (Wildman–Crippen MR) is 98.2 cm³/mol. The molecule has 0 bridgehead atoms.